The summed E-state index contributed by atoms with van der Waals surface area (Å²) in [6, 6.07) is 11.7. The van der Waals surface area contributed by atoms with E-state index in [1.165, 1.54) is 24.3 Å². The first kappa shape index (κ1) is 19.9. The van der Waals surface area contributed by atoms with Crippen molar-refractivity contribution in [2.24, 2.45) is 0 Å². The fourth-order valence-corrected chi connectivity index (χ4v) is 3.62. The molecule has 1 N–H and O–H groups in total. The van der Waals surface area contributed by atoms with Gasteiger partial charge in [0.05, 0.1) is 18.4 Å². The Labute approximate surface area is 164 Å². The fourth-order valence-electron chi connectivity index (χ4n) is 2.72. The van der Waals surface area contributed by atoms with Gasteiger partial charge in [-0.2, -0.15) is 13.2 Å². The number of ether oxygens (including phenoxy) is 1. The Balaban J connectivity index is 1.98. The quantitative estimate of drug-likeness (QED) is 0.644. The van der Waals surface area contributed by atoms with Crippen LogP contribution >= 0.6 is 11.3 Å². The lowest BCUT2D eigenvalue weighted by atomic mass is 10.1. The van der Waals surface area contributed by atoms with Gasteiger partial charge in [0.2, 0.25) is 5.91 Å². The minimum Gasteiger partial charge on any atom is -0.497 e. The molecule has 4 nitrogen and oxygen atoms in total. The second-order valence-corrected chi connectivity index (χ2v) is 6.95. The number of amides is 1. The predicted octanol–water partition coefficient (Wildman–Crippen LogP) is 5.06. The molecule has 0 bridgehead atoms. The molecule has 1 heterocycles. The number of hydrogen-bond acceptors (Lipinski definition) is 4. The van der Waals surface area contributed by atoms with E-state index in [4.69, 9.17) is 4.74 Å². The molecule has 0 aliphatic rings. The van der Waals surface area contributed by atoms with Crippen LogP contribution in [0.2, 0.25) is 0 Å². The third-order valence-corrected chi connectivity index (χ3v) is 4.94. The molecule has 1 unspecified atom stereocenters. The summed E-state index contributed by atoms with van der Waals surface area (Å²) in [5.74, 6) is 0.381. The molecular formula is C20H17F3N2O2S. The molecule has 3 rings (SSSR count). The van der Waals surface area contributed by atoms with Crippen molar-refractivity contribution >= 4 is 17.2 Å². The van der Waals surface area contributed by atoms with Crippen LogP contribution in [0.15, 0.2) is 53.9 Å². The number of nitrogens with zero attached hydrogens (tertiary/aromatic N) is 1. The number of rotatable bonds is 5. The number of benzene rings is 2. The molecule has 0 fully saturated rings. The normalized spacial score (nSPS) is 12.5. The van der Waals surface area contributed by atoms with Crippen molar-refractivity contribution in [2.45, 2.75) is 19.1 Å². The molecule has 0 aliphatic carbocycles. The summed E-state index contributed by atoms with van der Waals surface area (Å²) >= 11 is 1.27. The number of nitrogens with one attached hydrogen (secondary N) is 1. The van der Waals surface area contributed by atoms with Gasteiger partial charge in [0, 0.05) is 17.9 Å². The Hall–Kier alpha value is -2.87. The second kappa shape index (κ2) is 8.02. The van der Waals surface area contributed by atoms with Gasteiger partial charge < -0.3 is 10.1 Å². The van der Waals surface area contributed by atoms with Gasteiger partial charge in [0.15, 0.2) is 0 Å². The minimum atomic E-state index is -4.42. The van der Waals surface area contributed by atoms with Crippen LogP contribution in [0.4, 0.5) is 13.2 Å². The molecule has 2 aromatic carbocycles. The number of aromatic nitrogens is 1. The molecule has 0 saturated heterocycles. The summed E-state index contributed by atoms with van der Waals surface area (Å²) in [4.78, 5) is 16.2. The number of methoxy groups -OCH3 is 1. The lowest BCUT2D eigenvalue weighted by Crippen LogP contribution is -2.26. The van der Waals surface area contributed by atoms with E-state index in [9.17, 15) is 18.0 Å². The lowest BCUT2D eigenvalue weighted by molar-refractivity contribution is -0.137. The first-order chi connectivity index (χ1) is 13.3. The summed E-state index contributed by atoms with van der Waals surface area (Å²) in [7, 11) is 1.54. The van der Waals surface area contributed by atoms with Crippen molar-refractivity contribution in [2.75, 3.05) is 7.11 Å². The Kier molecular flexibility index (Phi) is 5.69. The fraction of sp³-hybridized carbons (Fsp3) is 0.200. The Morgan fingerprint density at radius 3 is 2.61 bits per heavy atom. The van der Waals surface area contributed by atoms with Gasteiger partial charge in [0.25, 0.3) is 0 Å². The maximum atomic E-state index is 13.0. The largest absolute Gasteiger partial charge is 0.497 e. The van der Waals surface area contributed by atoms with Crippen molar-refractivity contribution in [3.05, 3.63) is 70.0 Å². The van der Waals surface area contributed by atoms with E-state index in [0.717, 1.165) is 17.7 Å². The second-order valence-electron chi connectivity index (χ2n) is 6.06. The van der Waals surface area contributed by atoms with Crippen LogP contribution in [0.1, 0.15) is 29.1 Å². The highest BCUT2D eigenvalue weighted by molar-refractivity contribution is 7.10. The highest BCUT2D eigenvalue weighted by Crippen LogP contribution is 2.34. The van der Waals surface area contributed by atoms with Crippen LogP contribution in [0.5, 0.6) is 5.75 Å². The summed E-state index contributed by atoms with van der Waals surface area (Å²) in [6.07, 6.45) is -4.42. The SMILES string of the molecule is COc1cccc(C(NC(C)=O)c2nc(-c3cccc(C(F)(F)F)c3)cs2)c1. The molecule has 28 heavy (non-hydrogen) atoms. The number of carbonyl (C=O) groups is 1. The van der Waals surface area contributed by atoms with Crippen LogP contribution in [0.25, 0.3) is 11.3 Å². The van der Waals surface area contributed by atoms with E-state index in [1.54, 1.807) is 36.8 Å². The van der Waals surface area contributed by atoms with E-state index in [2.05, 4.69) is 10.3 Å². The molecule has 8 heteroatoms. The van der Waals surface area contributed by atoms with Crippen molar-refractivity contribution in [1.29, 1.82) is 0 Å². The smallest absolute Gasteiger partial charge is 0.416 e. The summed E-state index contributed by atoms with van der Waals surface area (Å²) in [6.45, 7) is 1.40. The number of carbonyl (C=O) groups excluding carboxylic acids is 1. The van der Waals surface area contributed by atoms with Gasteiger partial charge >= 0.3 is 6.18 Å². The maximum absolute atomic E-state index is 13.0. The minimum absolute atomic E-state index is 0.247. The van der Waals surface area contributed by atoms with E-state index < -0.39 is 17.8 Å². The lowest BCUT2D eigenvalue weighted by Gasteiger charge is -2.16. The van der Waals surface area contributed by atoms with Gasteiger partial charge in [-0.05, 0) is 29.8 Å². The summed E-state index contributed by atoms with van der Waals surface area (Å²) < 4.78 is 44.2. The standard InChI is InChI=1S/C20H17F3N2O2S/c1-12(26)24-18(14-6-4-8-16(10-14)27-2)19-25-17(11-28-19)13-5-3-7-15(9-13)20(21,22)23/h3-11,18H,1-2H3,(H,24,26). The molecule has 0 saturated carbocycles. The maximum Gasteiger partial charge on any atom is 0.416 e. The monoisotopic (exact) mass is 406 g/mol. The Morgan fingerprint density at radius 1 is 1.18 bits per heavy atom. The van der Waals surface area contributed by atoms with Crippen molar-refractivity contribution in [3.63, 3.8) is 0 Å². The molecule has 0 spiro atoms. The first-order valence-corrected chi connectivity index (χ1v) is 9.20. The third-order valence-electron chi connectivity index (χ3n) is 4.03. The van der Waals surface area contributed by atoms with E-state index in [0.29, 0.717) is 22.0 Å². The number of halogens is 3. The van der Waals surface area contributed by atoms with Crippen LogP contribution in [0.3, 0.4) is 0 Å². The van der Waals surface area contributed by atoms with Crippen molar-refractivity contribution in [3.8, 4) is 17.0 Å². The van der Waals surface area contributed by atoms with Gasteiger partial charge in [-0.1, -0.05) is 24.3 Å². The van der Waals surface area contributed by atoms with Gasteiger partial charge in [-0.3, -0.25) is 4.79 Å². The van der Waals surface area contributed by atoms with Crippen LogP contribution in [-0.2, 0) is 11.0 Å². The van der Waals surface area contributed by atoms with E-state index in [1.807, 2.05) is 6.07 Å². The van der Waals surface area contributed by atoms with Crippen LogP contribution in [0, 0.1) is 0 Å². The van der Waals surface area contributed by atoms with Crippen molar-refractivity contribution < 1.29 is 22.7 Å². The molecule has 0 radical (unpaired) electrons. The number of thiazole rings is 1. The van der Waals surface area contributed by atoms with Gasteiger partial charge in [-0.25, -0.2) is 4.98 Å². The Morgan fingerprint density at radius 2 is 1.93 bits per heavy atom. The molecule has 1 aromatic heterocycles. The zero-order valence-electron chi connectivity index (χ0n) is 15.1. The summed E-state index contributed by atoms with van der Waals surface area (Å²) in [5.41, 5.74) is 0.819. The van der Waals surface area contributed by atoms with Crippen molar-refractivity contribution in [1.82, 2.24) is 10.3 Å². The van der Waals surface area contributed by atoms with E-state index >= 15 is 0 Å². The predicted molar refractivity (Wildman–Crippen MR) is 101 cm³/mol. The average Bonchev–Trinajstić information content (AvgIpc) is 3.15. The molecule has 146 valence electrons. The highest BCUT2D eigenvalue weighted by atomic mass is 32.1. The first-order valence-electron chi connectivity index (χ1n) is 8.32. The third kappa shape index (κ3) is 4.51. The number of hydrogen-bond donors (Lipinski definition) is 1. The molecular weight excluding hydrogens is 389 g/mol. The summed E-state index contributed by atoms with van der Waals surface area (Å²) in [5, 5.41) is 5.08. The average molecular weight is 406 g/mol. The van der Waals surface area contributed by atoms with Crippen LogP contribution in [-0.4, -0.2) is 18.0 Å². The zero-order chi connectivity index (χ0) is 20.3. The van der Waals surface area contributed by atoms with Crippen LogP contribution < -0.4 is 10.1 Å². The Bertz CT molecular complexity index is 985. The van der Waals surface area contributed by atoms with E-state index in [-0.39, 0.29) is 5.91 Å². The molecule has 1 amide bonds. The number of alkyl halides is 3. The topological polar surface area (TPSA) is 51.2 Å². The molecule has 1 atom stereocenters. The molecule has 0 aliphatic heterocycles. The van der Waals surface area contributed by atoms with Gasteiger partial charge in [0.1, 0.15) is 16.8 Å². The highest BCUT2D eigenvalue weighted by Gasteiger charge is 2.30. The zero-order valence-corrected chi connectivity index (χ0v) is 15.9. The molecule has 3 aromatic rings. The van der Waals surface area contributed by atoms with Gasteiger partial charge in [-0.15, -0.1) is 11.3 Å².